The van der Waals surface area contributed by atoms with Gasteiger partial charge in [0.2, 0.25) is 0 Å². The van der Waals surface area contributed by atoms with Crippen LogP contribution >= 0.6 is 0 Å². The zero-order chi connectivity index (χ0) is 21.0. The summed E-state index contributed by atoms with van der Waals surface area (Å²) in [6.07, 6.45) is 2.36. The second-order valence-electron chi connectivity index (χ2n) is 7.13. The molecule has 0 fully saturated rings. The number of benzene rings is 2. The number of carbonyl (C=O) groups is 1. The molecule has 1 heterocycles. The van der Waals surface area contributed by atoms with E-state index in [4.69, 9.17) is 4.98 Å². The number of hydrogen-bond donors (Lipinski definition) is 0. The minimum absolute atomic E-state index is 0.131. The lowest BCUT2D eigenvalue weighted by Crippen LogP contribution is -2.39. The van der Waals surface area contributed by atoms with Gasteiger partial charge < -0.3 is 4.90 Å². The summed E-state index contributed by atoms with van der Waals surface area (Å²) in [6, 6.07) is 12.4. The highest BCUT2D eigenvalue weighted by atomic mass is 19.1. The number of fused-ring (bicyclic) bond motifs is 1. The van der Waals surface area contributed by atoms with Crippen molar-refractivity contribution >= 4 is 16.8 Å². The summed E-state index contributed by atoms with van der Waals surface area (Å²) >= 11 is 0. The molecule has 0 aliphatic heterocycles. The zero-order valence-electron chi connectivity index (χ0n) is 17.1. The molecule has 2 aromatic carbocycles. The molecule has 0 aliphatic carbocycles. The van der Waals surface area contributed by atoms with E-state index in [0.717, 1.165) is 12.8 Å². The summed E-state index contributed by atoms with van der Waals surface area (Å²) in [5, 5.41) is 0.554. The Morgan fingerprint density at radius 3 is 2.48 bits per heavy atom. The molecule has 1 unspecified atom stereocenters. The number of halogens is 1. The van der Waals surface area contributed by atoms with Crippen LogP contribution in [0.25, 0.3) is 10.9 Å². The maximum absolute atomic E-state index is 13.3. The van der Waals surface area contributed by atoms with Crippen LogP contribution in [-0.2, 0) is 7.05 Å². The number of hydrogen-bond acceptors (Lipinski definition) is 3. The van der Waals surface area contributed by atoms with Crippen molar-refractivity contribution in [2.75, 3.05) is 6.54 Å². The Balaban J connectivity index is 2.09. The van der Waals surface area contributed by atoms with Gasteiger partial charge in [0.05, 0.1) is 16.9 Å². The first-order chi connectivity index (χ1) is 14.0. The monoisotopic (exact) mass is 395 g/mol. The van der Waals surface area contributed by atoms with E-state index in [0.29, 0.717) is 35.3 Å². The van der Waals surface area contributed by atoms with Gasteiger partial charge in [0.15, 0.2) is 0 Å². The number of nitrogens with zero attached hydrogens (tertiary/aromatic N) is 3. The van der Waals surface area contributed by atoms with E-state index in [2.05, 4.69) is 6.92 Å². The van der Waals surface area contributed by atoms with Gasteiger partial charge in [-0.2, -0.15) is 0 Å². The Kier molecular flexibility index (Phi) is 6.42. The molecule has 29 heavy (non-hydrogen) atoms. The molecule has 0 aliphatic rings. The first-order valence-corrected chi connectivity index (χ1v) is 10.00. The van der Waals surface area contributed by atoms with E-state index in [1.54, 1.807) is 18.0 Å². The van der Waals surface area contributed by atoms with Crippen molar-refractivity contribution < 1.29 is 9.18 Å². The third kappa shape index (κ3) is 4.21. The van der Waals surface area contributed by atoms with E-state index in [1.165, 1.54) is 28.8 Å². The quantitative estimate of drug-likeness (QED) is 0.593. The number of para-hydroxylation sites is 1. The lowest BCUT2D eigenvalue weighted by atomic mass is 10.1. The van der Waals surface area contributed by atoms with Gasteiger partial charge in [0, 0.05) is 19.2 Å². The highest BCUT2D eigenvalue weighted by Crippen LogP contribution is 2.26. The topological polar surface area (TPSA) is 55.2 Å². The standard InChI is InChI=1S/C23H26FN3O2/c1-4-6-15-27(22(28)16-11-13-17(24)14-12-16)20(5-2)21-25-19-10-8-7-9-18(19)23(29)26(21)3/h7-14,20H,4-6,15H2,1-3H3. The molecule has 1 atom stereocenters. The number of unbranched alkanes of at least 4 members (excludes halogenated alkanes) is 1. The van der Waals surface area contributed by atoms with Crippen LogP contribution in [0.2, 0.25) is 0 Å². The number of amides is 1. The van der Waals surface area contributed by atoms with Gasteiger partial charge in [0.25, 0.3) is 11.5 Å². The van der Waals surface area contributed by atoms with Crippen molar-refractivity contribution in [2.45, 2.75) is 39.2 Å². The van der Waals surface area contributed by atoms with Gasteiger partial charge in [0.1, 0.15) is 11.6 Å². The van der Waals surface area contributed by atoms with Crippen molar-refractivity contribution in [2.24, 2.45) is 7.05 Å². The Hall–Kier alpha value is -3.02. The average Bonchev–Trinajstić information content (AvgIpc) is 2.74. The molecule has 0 radical (unpaired) electrons. The molecule has 0 saturated heterocycles. The minimum atomic E-state index is -0.382. The molecule has 6 heteroatoms. The summed E-state index contributed by atoms with van der Waals surface area (Å²) in [5.74, 6) is -0.0113. The first kappa shape index (κ1) is 20.7. The van der Waals surface area contributed by atoms with Gasteiger partial charge in [-0.1, -0.05) is 32.4 Å². The van der Waals surface area contributed by atoms with Crippen LogP contribution in [0.5, 0.6) is 0 Å². The predicted molar refractivity (Wildman–Crippen MR) is 112 cm³/mol. The maximum atomic E-state index is 13.3. The third-order valence-electron chi connectivity index (χ3n) is 5.18. The minimum Gasteiger partial charge on any atom is -0.328 e. The van der Waals surface area contributed by atoms with Gasteiger partial charge in [-0.15, -0.1) is 0 Å². The van der Waals surface area contributed by atoms with E-state index in [1.807, 2.05) is 25.1 Å². The summed E-state index contributed by atoms with van der Waals surface area (Å²) in [7, 11) is 1.69. The van der Waals surface area contributed by atoms with Crippen molar-refractivity contribution in [1.82, 2.24) is 14.5 Å². The fourth-order valence-corrected chi connectivity index (χ4v) is 3.56. The molecule has 3 rings (SSSR count). The highest BCUT2D eigenvalue weighted by molar-refractivity contribution is 5.94. The predicted octanol–water partition coefficient (Wildman–Crippen LogP) is 4.47. The van der Waals surface area contributed by atoms with Crippen LogP contribution in [0, 0.1) is 5.82 Å². The summed E-state index contributed by atoms with van der Waals surface area (Å²) < 4.78 is 14.9. The number of rotatable bonds is 7. The van der Waals surface area contributed by atoms with Crippen molar-refractivity contribution in [3.05, 3.63) is 76.1 Å². The van der Waals surface area contributed by atoms with Crippen molar-refractivity contribution in [3.8, 4) is 0 Å². The van der Waals surface area contributed by atoms with Crippen molar-refractivity contribution in [1.29, 1.82) is 0 Å². The van der Waals surface area contributed by atoms with Crippen molar-refractivity contribution in [3.63, 3.8) is 0 Å². The molecule has 0 bridgehead atoms. The normalized spacial score (nSPS) is 12.1. The summed E-state index contributed by atoms with van der Waals surface area (Å²) in [4.78, 5) is 32.6. The summed E-state index contributed by atoms with van der Waals surface area (Å²) in [6.45, 7) is 4.57. The largest absolute Gasteiger partial charge is 0.328 e. The average molecular weight is 395 g/mol. The molecule has 0 N–H and O–H groups in total. The zero-order valence-corrected chi connectivity index (χ0v) is 17.1. The van der Waals surface area contributed by atoms with E-state index in [9.17, 15) is 14.0 Å². The molecule has 152 valence electrons. The second-order valence-corrected chi connectivity index (χ2v) is 7.13. The second kappa shape index (κ2) is 8.99. The van der Waals surface area contributed by atoms with Gasteiger partial charge >= 0.3 is 0 Å². The Morgan fingerprint density at radius 2 is 1.83 bits per heavy atom. The first-order valence-electron chi connectivity index (χ1n) is 10.00. The Morgan fingerprint density at radius 1 is 1.14 bits per heavy atom. The molecule has 1 aromatic heterocycles. The highest BCUT2D eigenvalue weighted by Gasteiger charge is 2.28. The molecular formula is C23H26FN3O2. The van der Waals surface area contributed by atoms with E-state index >= 15 is 0 Å². The van der Waals surface area contributed by atoms with Crippen LogP contribution in [-0.4, -0.2) is 26.9 Å². The molecular weight excluding hydrogens is 369 g/mol. The van der Waals surface area contributed by atoms with E-state index < -0.39 is 0 Å². The Labute approximate surface area is 169 Å². The van der Waals surface area contributed by atoms with Gasteiger partial charge in [-0.25, -0.2) is 9.37 Å². The SMILES string of the molecule is CCCCN(C(=O)c1ccc(F)cc1)C(CC)c1nc2ccccc2c(=O)n1C. The van der Waals surface area contributed by atoms with Crippen LogP contribution in [0.4, 0.5) is 4.39 Å². The van der Waals surface area contributed by atoms with Gasteiger partial charge in [-0.05, 0) is 49.2 Å². The summed E-state index contributed by atoms with van der Waals surface area (Å²) in [5.41, 5.74) is 0.911. The number of aromatic nitrogens is 2. The van der Waals surface area contributed by atoms with Crippen LogP contribution in [0.15, 0.2) is 53.3 Å². The third-order valence-corrected chi connectivity index (χ3v) is 5.18. The maximum Gasteiger partial charge on any atom is 0.261 e. The lowest BCUT2D eigenvalue weighted by molar-refractivity contribution is 0.0654. The number of carbonyl (C=O) groups excluding carboxylic acids is 1. The van der Waals surface area contributed by atoms with Crippen LogP contribution in [0.3, 0.4) is 0 Å². The molecule has 5 nitrogen and oxygen atoms in total. The molecule has 0 saturated carbocycles. The lowest BCUT2D eigenvalue weighted by Gasteiger charge is -2.32. The molecule has 3 aromatic rings. The molecule has 0 spiro atoms. The van der Waals surface area contributed by atoms with Gasteiger partial charge in [-0.3, -0.25) is 14.2 Å². The van der Waals surface area contributed by atoms with E-state index in [-0.39, 0.29) is 23.3 Å². The molecule has 1 amide bonds. The smallest absolute Gasteiger partial charge is 0.261 e. The fraction of sp³-hybridized carbons (Fsp3) is 0.348. The Bertz CT molecular complexity index is 1060. The fourth-order valence-electron chi connectivity index (χ4n) is 3.56. The van der Waals surface area contributed by atoms with Crippen LogP contribution < -0.4 is 5.56 Å². The van der Waals surface area contributed by atoms with Crippen LogP contribution in [0.1, 0.15) is 55.3 Å².